The number of hydrogen-bond acceptors (Lipinski definition) is 8. The minimum Gasteiger partial charge on any atom is -0.508 e. The van der Waals surface area contributed by atoms with Crippen LogP contribution in [0.25, 0.3) is 11.2 Å². The van der Waals surface area contributed by atoms with Gasteiger partial charge in [-0.3, -0.25) is 0 Å². The van der Waals surface area contributed by atoms with Gasteiger partial charge in [0.05, 0.1) is 19.0 Å². The van der Waals surface area contributed by atoms with Crippen molar-refractivity contribution in [3.63, 3.8) is 0 Å². The van der Waals surface area contributed by atoms with Crippen LogP contribution < -0.4 is 16.4 Å². The molecule has 1 aromatic carbocycles. The maximum Gasteiger partial charge on any atom is 0.227 e. The van der Waals surface area contributed by atoms with E-state index < -0.39 is 0 Å². The van der Waals surface area contributed by atoms with Gasteiger partial charge in [0.15, 0.2) is 17.0 Å². The monoisotopic (exact) mass is 427 g/mol. The van der Waals surface area contributed by atoms with Crippen LogP contribution in [-0.2, 0) is 6.54 Å². The number of benzene rings is 1. The van der Waals surface area contributed by atoms with Crippen molar-refractivity contribution in [2.24, 2.45) is 5.92 Å². The Labute approximate surface area is 182 Å². The van der Waals surface area contributed by atoms with E-state index in [1.807, 2.05) is 13.8 Å². The fraction of sp³-hybridized carbons (Fsp3) is 0.500. The number of nitrogens with two attached hydrogens (primary N) is 1. The minimum atomic E-state index is -0.173. The Morgan fingerprint density at radius 3 is 2.55 bits per heavy atom. The molecule has 0 aliphatic heterocycles. The van der Waals surface area contributed by atoms with Gasteiger partial charge in [-0.15, -0.1) is 0 Å². The van der Waals surface area contributed by atoms with E-state index in [0.29, 0.717) is 35.1 Å². The summed E-state index contributed by atoms with van der Waals surface area (Å²) < 4.78 is 2.08. The number of nitrogens with one attached hydrogen (secondary N) is 2. The SMILES string of the molecule is CCC(CC)n1cnc2c(NCc3cc(N)ccc3O)nc(NC(CO)C(C)C)nc21. The van der Waals surface area contributed by atoms with Gasteiger partial charge in [0.2, 0.25) is 5.95 Å². The van der Waals surface area contributed by atoms with E-state index in [1.54, 1.807) is 24.5 Å². The standard InChI is InChI=1S/C22H33N7O2/c1-5-16(6-2)29-12-25-19-20(24-10-14-9-15(23)7-8-18(14)31)27-22(28-21(19)29)26-17(11-30)13(3)4/h7-9,12-13,16-17,30-31H,5-6,10-11,23H2,1-4H3,(H2,24,26,27,28). The molecule has 3 rings (SSSR count). The fourth-order valence-electron chi connectivity index (χ4n) is 3.57. The lowest BCUT2D eigenvalue weighted by Gasteiger charge is -2.21. The fourth-order valence-corrected chi connectivity index (χ4v) is 3.57. The quantitative estimate of drug-likeness (QED) is 0.245. The highest BCUT2D eigenvalue weighted by Gasteiger charge is 2.20. The molecule has 168 valence electrons. The highest BCUT2D eigenvalue weighted by Crippen LogP contribution is 2.28. The number of fused-ring (bicyclic) bond motifs is 1. The average Bonchev–Trinajstić information content (AvgIpc) is 3.17. The lowest BCUT2D eigenvalue weighted by atomic mass is 10.1. The van der Waals surface area contributed by atoms with Crippen LogP contribution in [0.2, 0.25) is 0 Å². The van der Waals surface area contributed by atoms with Crippen molar-refractivity contribution in [1.29, 1.82) is 0 Å². The van der Waals surface area contributed by atoms with Crippen molar-refractivity contribution in [2.45, 2.75) is 59.2 Å². The molecule has 0 aliphatic rings. The molecule has 0 radical (unpaired) electrons. The molecule has 0 saturated heterocycles. The van der Waals surface area contributed by atoms with Crippen LogP contribution in [0.15, 0.2) is 24.5 Å². The van der Waals surface area contributed by atoms with Gasteiger partial charge >= 0.3 is 0 Å². The molecule has 3 aromatic rings. The number of hydrogen-bond donors (Lipinski definition) is 5. The van der Waals surface area contributed by atoms with E-state index in [-0.39, 0.29) is 30.4 Å². The topological polar surface area (TPSA) is 134 Å². The first-order chi connectivity index (χ1) is 14.9. The summed E-state index contributed by atoms with van der Waals surface area (Å²) in [7, 11) is 0. The van der Waals surface area contributed by atoms with Crippen LogP contribution >= 0.6 is 0 Å². The predicted octanol–water partition coefficient (Wildman–Crippen LogP) is 3.52. The third-order valence-corrected chi connectivity index (χ3v) is 5.62. The largest absolute Gasteiger partial charge is 0.508 e. The first kappa shape index (κ1) is 22.6. The molecular weight excluding hydrogens is 394 g/mol. The highest BCUT2D eigenvalue weighted by atomic mass is 16.3. The lowest BCUT2D eigenvalue weighted by molar-refractivity contribution is 0.248. The number of nitrogen functional groups attached to an aromatic ring is 1. The Hall–Kier alpha value is -3.07. The Balaban J connectivity index is 2.02. The van der Waals surface area contributed by atoms with Gasteiger partial charge in [-0.25, -0.2) is 4.98 Å². The summed E-state index contributed by atoms with van der Waals surface area (Å²) in [5.74, 6) is 1.34. The number of aliphatic hydroxyl groups is 1. The van der Waals surface area contributed by atoms with E-state index >= 15 is 0 Å². The Morgan fingerprint density at radius 1 is 1.16 bits per heavy atom. The van der Waals surface area contributed by atoms with Crippen LogP contribution in [0, 0.1) is 5.92 Å². The van der Waals surface area contributed by atoms with E-state index in [9.17, 15) is 10.2 Å². The molecule has 9 nitrogen and oxygen atoms in total. The minimum absolute atomic E-state index is 0.0230. The molecule has 2 aromatic heterocycles. The average molecular weight is 428 g/mol. The molecule has 0 saturated carbocycles. The normalized spacial score (nSPS) is 12.6. The van der Waals surface area contributed by atoms with Crippen LogP contribution in [-0.4, -0.2) is 42.4 Å². The van der Waals surface area contributed by atoms with E-state index in [1.165, 1.54) is 0 Å². The summed E-state index contributed by atoms with van der Waals surface area (Å²) in [5, 5.41) is 26.4. The number of nitrogens with zero attached hydrogens (tertiary/aromatic N) is 4. The van der Waals surface area contributed by atoms with E-state index in [4.69, 9.17) is 10.7 Å². The third-order valence-electron chi connectivity index (χ3n) is 5.62. The van der Waals surface area contributed by atoms with Crippen LogP contribution in [0.4, 0.5) is 17.5 Å². The van der Waals surface area contributed by atoms with Gasteiger partial charge in [-0.05, 0) is 37.0 Å². The van der Waals surface area contributed by atoms with E-state index in [0.717, 1.165) is 18.5 Å². The second-order valence-electron chi connectivity index (χ2n) is 8.11. The third kappa shape index (κ3) is 4.99. The number of imidazole rings is 1. The molecule has 6 N–H and O–H groups in total. The maximum absolute atomic E-state index is 10.1. The zero-order chi connectivity index (χ0) is 22.5. The molecule has 0 amide bonds. The zero-order valence-electron chi connectivity index (χ0n) is 18.6. The number of phenols is 1. The number of aromatic hydroxyl groups is 1. The molecular formula is C22H33N7O2. The van der Waals surface area contributed by atoms with Gasteiger partial charge < -0.3 is 31.1 Å². The lowest BCUT2D eigenvalue weighted by Crippen LogP contribution is -2.30. The summed E-state index contributed by atoms with van der Waals surface area (Å²) in [5.41, 5.74) is 8.49. The summed E-state index contributed by atoms with van der Waals surface area (Å²) in [4.78, 5) is 13.9. The Morgan fingerprint density at radius 2 is 1.90 bits per heavy atom. The number of aromatic nitrogens is 4. The van der Waals surface area contributed by atoms with Gasteiger partial charge in [-0.1, -0.05) is 27.7 Å². The molecule has 31 heavy (non-hydrogen) atoms. The zero-order valence-corrected chi connectivity index (χ0v) is 18.6. The molecule has 1 atom stereocenters. The molecule has 0 aliphatic carbocycles. The second kappa shape index (κ2) is 9.82. The molecule has 2 heterocycles. The number of aliphatic hydroxyl groups excluding tert-OH is 1. The molecule has 0 spiro atoms. The molecule has 0 fully saturated rings. The van der Waals surface area contributed by atoms with Crippen LogP contribution in [0.5, 0.6) is 5.75 Å². The summed E-state index contributed by atoms with van der Waals surface area (Å²) in [6.07, 6.45) is 3.72. The van der Waals surface area contributed by atoms with E-state index in [2.05, 4.69) is 39.0 Å². The van der Waals surface area contributed by atoms with Crippen molar-refractivity contribution in [1.82, 2.24) is 19.5 Å². The van der Waals surface area contributed by atoms with Crippen molar-refractivity contribution in [2.75, 3.05) is 23.0 Å². The first-order valence-corrected chi connectivity index (χ1v) is 10.8. The van der Waals surface area contributed by atoms with Gasteiger partial charge in [0.25, 0.3) is 0 Å². The summed E-state index contributed by atoms with van der Waals surface area (Å²) >= 11 is 0. The second-order valence-corrected chi connectivity index (χ2v) is 8.11. The molecule has 0 bridgehead atoms. The highest BCUT2D eigenvalue weighted by molar-refractivity contribution is 5.84. The summed E-state index contributed by atoms with van der Waals surface area (Å²) in [6.45, 7) is 8.65. The van der Waals surface area contributed by atoms with Gasteiger partial charge in [0.1, 0.15) is 5.75 Å². The van der Waals surface area contributed by atoms with Crippen LogP contribution in [0.3, 0.4) is 0 Å². The van der Waals surface area contributed by atoms with Gasteiger partial charge in [-0.2, -0.15) is 9.97 Å². The van der Waals surface area contributed by atoms with Crippen LogP contribution in [0.1, 0.15) is 52.1 Å². The number of phenolic OH excluding ortho intramolecular Hbond substituents is 1. The van der Waals surface area contributed by atoms with Crippen molar-refractivity contribution in [3.05, 3.63) is 30.1 Å². The smallest absolute Gasteiger partial charge is 0.227 e. The number of rotatable bonds is 10. The predicted molar refractivity (Wildman–Crippen MR) is 124 cm³/mol. The van der Waals surface area contributed by atoms with Gasteiger partial charge in [0, 0.05) is 23.8 Å². The Bertz CT molecular complexity index is 1010. The Kier molecular flexibility index (Phi) is 7.17. The first-order valence-electron chi connectivity index (χ1n) is 10.8. The van der Waals surface area contributed by atoms with Crippen molar-refractivity contribution in [3.8, 4) is 5.75 Å². The van der Waals surface area contributed by atoms with Crippen molar-refractivity contribution >= 4 is 28.6 Å². The van der Waals surface area contributed by atoms with Crippen molar-refractivity contribution < 1.29 is 10.2 Å². The number of anilines is 3. The molecule has 1 unspecified atom stereocenters. The summed E-state index contributed by atoms with van der Waals surface area (Å²) in [6, 6.07) is 5.06. The maximum atomic E-state index is 10.1. The molecule has 9 heteroatoms.